The van der Waals surface area contributed by atoms with Gasteiger partial charge in [0, 0.05) is 25.2 Å². The summed E-state index contributed by atoms with van der Waals surface area (Å²) in [4.78, 5) is 2.41. The van der Waals surface area contributed by atoms with Crippen molar-refractivity contribution in [2.24, 2.45) is 5.92 Å². The average molecular weight is 156 g/mol. The minimum atomic E-state index is 0.654. The van der Waals surface area contributed by atoms with E-state index in [1.54, 1.807) is 0 Å². The van der Waals surface area contributed by atoms with E-state index in [1.807, 2.05) is 0 Å². The molecule has 0 amide bonds. The van der Waals surface area contributed by atoms with Crippen molar-refractivity contribution in [3.8, 4) is 0 Å². The minimum Gasteiger partial charge on any atom is -0.309 e. The Kier molecular flexibility index (Phi) is 2.90. The van der Waals surface area contributed by atoms with Crippen LogP contribution >= 0.6 is 0 Å². The maximum Gasteiger partial charge on any atom is 0.0220 e. The van der Waals surface area contributed by atoms with Crippen molar-refractivity contribution in [2.75, 3.05) is 20.1 Å². The van der Waals surface area contributed by atoms with Gasteiger partial charge in [0.25, 0.3) is 0 Å². The first-order chi connectivity index (χ1) is 5.09. The molecule has 1 saturated heterocycles. The smallest absolute Gasteiger partial charge is 0.0220 e. The van der Waals surface area contributed by atoms with E-state index in [9.17, 15) is 0 Å². The van der Waals surface area contributed by atoms with Crippen molar-refractivity contribution in [1.29, 1.82) is 0 Å². The summed E-state index contributed by atoms with van der Waals surface area (Å²) in [5.74, 6) is 0.750. The predicted octanol–water partition coefficient (Wildman–Crippen LogP) is 0.934. The van der Waals surface area contributed by atoms with Gasteiger partial charge in [-0.1, -0.05) is 13.8 Å². The number of hydrogen-bond donors (Lipinski definition) is 1. The molecule has 1 rings (SSSR count). The maximum atomic E-state index is 3.60. The number of hydrogen-bond acceptors (Lipinski definition) is 2. The third-order valence-electron chi connectivity index (χ3n) is 2.40. The van der Waals surface area contributed by atoms with Gasteiger partial charge in [-0.25, -0.2) is 0 Å². The van der Waals surface area contributed by atoms with Crippen LogP contribution in [0.4, 0.5) is 0 Å². The number of rotatable bonds is 1. The van der Waals surface area contributed by atoms with Gasteiger partial charge in [0.2, 0.25) is 0 Å². The van der Waals surface area contributed by atoms with Crippen LogP contribution in [0.25, 0.3) is 0 Å². The Morgan fingerprint density at radius 3 is 2.45 bits per heavy atom. The van der Waals surface area contributed by atoms with Crippen LogP contribution in [0.15, 0.2) is 0 Å². The van der Waals surface area contributed by atoms with Gasteiger partial charge in [-0.2, -0.15) is 0 Å². The summed E-state index contributed by atoms with van der Waals surface area (Å²) in [5.41, 5.74) is 0. The lowest BCUT2D eigenvalue weighted by atomic mass is 10.0. The van der Waals surface area contributed by atoms with Gasteiger partial charge in [0.15, 0.2) is 0 Å². The number of nitrogens with one attached hydrogen (secondary N) is 1. The zero-order valence-corrected chi connectivity index (χ0v) is 8.09. The Hall–Kier alpha value is -0.0800. The minimum absolute atomic E-state index is 0.654. The van der Waals surface area contributed by atoms with Crippen molar-refractivity contribution in [3.63, 3.8) is 0 Å². The molecule has 1 unspecified atom stereocenters. The molecular weight excluding hydrogens is 136 g/mol. The summed E-state index contributed by atoms with van der Waals surface area (Å²) in [6.07, 6.45) is 0. The molecule has 0 aromatic heterocycles. The summed E-state index contributed by atoms with van der Waals surface area (Å²) >= 11 is 0. The first kappa shape index (κ1) is 9.01. The highest BCUT2D eigenvalue weighted by molar-refractivity contribution is 4.83. The molecule has 0 aliphatic carbocycles. The van der Waals surface area contributed by atoms with Crippen LogP contribution in [0.3, 0.4) is 0 Å². The Balaban J connectivity index is 2.43. The van der Waals surface area contributed by atoms with Gasteiger partial charge in [-0.15, -0.1) is 0 Å². The van der Waals surface area contributed by atoms with Crippen LogP contribution in [-0.2, 0) is 0 Å². The van der Waals surface area contributed by atoms with Crippen LogP contribution in [-0.4, -0.2) is 37.1 Å². The van der Waals surface area contributed by atoms with Crippen LogP contribution in [0, 0.1) is 5.92 Å². The van der Waals surface area contributed by atoms with Crippen molar-refractivity contribution in [3.05, 3.63) is 0 Å². The normalized spacial score (nSPS) is 34.6. The fourth-order valence-electron chi connectivity index (χ4n) is 1.75. The number of likely N-dealkylation sites (N-methyl/N-ethyl adjacent to an activating group) is 1. The third-order valence-corrected chi connectivity index (χ3v) is 2.40. The zero-order chi connectivity index (χ0) is 8.43. The lowest BCUT2D eigenvalue weighted by Gasteiger charge is -2.37. The maximum absolute atomic E-state index is 3.60. The van der Waals surface area contributed by atoms with Crippen LogP contribution in [0.5, 0.6) is 0 Å². The van der Waals surface area contributed by atoms with Gasteiger partial charge in [-0.3, -0.25) is 0 Å². The van der Waals surface area contributed by atoms with E-state index in [0.717, 1.165) is 5.92 Å². The molecule has 1 fully saturated rings. The van der Waals surface area contributed by atoms with E-state index >= 15 is 0 Å². The highest BCUT2D eigenvalue weighted by Crippen LogP contribution is 2.09. The molecule has 1 heterocycles. The molecule has 2 atom stereocenters. The first-order valence-electron chi connectivity index (χ1n) is 4.54. The Morgan fingerprint density at radius 1 is 1.36 bits per heavy atom. The standard InChI is InChI=1S/C9H20N2/c1-7(2)9-6-11(4)5-8(3)10-9/h7-10H,5-6H2,1-4H3/t8?,9-/m1/s1. The largest absolute Gasteiger partial charge is 0.309 e. The van der Waals surface area contributed by atoms with E-state index in [4.69, 9.17) is 0 Å². The van der Waals surface area contributed by atoms with E-state index in [2.05, 4.69) is 38.0 Å². The summed E-state index contributed by atoms with van der Waals surface area (Å²) in [5, 5.41) is 3.60. The molecule has 66 valence electrons. The fourth-order valence-corrected chi connectivity index (χ4v) is 1.75. The van der Waals surface area contributed by atoms with E-state index in [1.165, 1.54) is 13.1 Å². The van der Waals surface area contributed by atoms with Crippen molar-refractivity contribution >= 4 is 0 Å². The number of piperazine rings is 1. The first-order valence-corrected chi connectivity index (χ1v) is 4.54. The quantitative estimate of drug-likeness (QED) is 0.607. The van der Waals surface area contributed by atoms with Gasteiger partial charge in [-0.05, 0) is 19.9 Å². The third kappa shape index (κ3) is 2.46. The van der Waals surface area contributed by atoms with Gasteiger partial charge >= 0.3 is 0 Å². The van der Waals surface area contributed by atoms with Gasteiger partial charge in [0.1, 0.15) is 0 Å². The fraction of sp³-hybridized carbons (Fsp3) is 1.00. The average Bonchev–Trinajstić information content (AvgIpc) is 1.85. The summed E-state index contributed by atoms with van der Waals surface area (Å²) in [6, 6.07) is 1.34. The Bertz CT molecular complexity index is 113. The second kappa shape index (κ2) is 3.55. The van der Waals surface area contributed by atoms with Crippen LogP contribution < -0.4 is 5.32 Å². The molecule has 0 aromatic rings. The van der Waals surface area contributed by atoms with E-state index in [-0.39, 0.29) is 0 Å². The van der Waals surface area contributed by atoms with Crippen molar-refractivity contribution in [2.45, 2.75) is 32.9 Å². The van der Waals surface area contributed by atoms with Crippen LogP contribution in [0.2, 0.25) is 0 Å². The van der Waals surface area contributed by atoms with Crippen molar-refractivity contribution < 1.29 is 0 Å². The molecule has 2 nitrogen and oxygen atoms in total. The molecule has 1 aliphatic heterocycles. The van der Waals surface area contributed by atoms with E-state index in [0.29, 0.717) is 12.1 Å². The summed E-state index contributed by atoms with van der Waals surface area (Å²) in [6.45, 7) is 9.20. The molecule has 0 radical (unpaired) electrons. The second-order valence-electron chi connectivity index (χ2n) is 4.14. The molecule has 11 heavy (non-hydrogen) atoms. The lowest BCUT2D eigenvalue weighted by molar-refractivity contribution is 0.172. The van der Waals surface area contributed by atoms with Gasteiger partial charge in [0.05, 0.1) is 0 Å². The molecule has 0 spiro atoms. The second-order valence-corrected chi connectivity index (χ2v) is 4.14. The topological polar surface area (TPSA) is 15.3 Å². The molecule has 1 aliphatic rings. The monoisotopic (exact) mass is 156 g/mol. The number of nitrogens with zero attached hydrogens (tertiary/aromatic N) is 1. The predicted molar refractivity (Wildman–Crippen MR) is 48.7 cm³/mol. The highest BCUT2D eigenvalue weighted by atomic mass is 15.2. The van der Waals surface area contributed by atoms with E-state index < -0.39 is 0 Å². The molecule has 0 aromatic carbocycles. The van der Waals surface area contributed by atoms with Crippen LogP contribution in [0.1, 0.15) is 20.8 Å². The molecular formula is C9H20N2. The van der Waals surface area contributed by atoms with Crippen molar-refractivity contribution in [1.82, 2.24) is 10.2 Å². The molecule has 0 bridgehead atoms. The Labute approximate surface area is 70.0 Å². The summed E-state index contributed by atoms with van der Waals surface area (Å²) in [7, 11) is 2.20. The molecule has 0 saturated carbocycles. The zero-order valence-electron chi connectivity index (χ0n) is 8.09. The molecule has 2 heteroatoms. The lowest BCUT2D eigenvalue weighted by Crippen LogP contribution is -2.55. The van der Waals surface area contributed by atoms with Gasteiger partial charge < -0.3 is 10.2 Å². The highest BCUT2D eigenvalue weighted by Gasteiger charge is 2.23. The SMILES string of the molecule is CC1CN(C)C[C@H](C(C)C)N1. The molecule has 1 N–H and O–H groups in total. The Morgan fingerprint density at radius 2 is 2.00 bits per heavy atom. The summed E-state index contributed by atoms with van der Waals surface area (Å²) < 4.78 is 0.